The molecule has 0 aromatic carbocycles. The molecule has 1 heteroatoms. The maximum absolute atomic E-state index is 4.10. The molecule has 0 heterocycles. The largest absolute Gasteiger partial charge is 0.311 e. The van der Waals surface area contributed by atoms with Gasteiger partial charge in [-0.3, -0.25) is 0 Å². The Morgan fingerprint density at radius 3 is 2.05 bits per heavy atom. The fraction of sp³-hybridized carbons (Fsp3) is 1.00. The van der Waals surface area contributed by atoms with Crippen molar-refractivity contribution in [3.8, 4) is 0 Å². The van der Waals surface area contributed by atoms with E-state index in [1.807, 2.05) is 0 Å². The van der Waals surface area contributed by atoms with Gasteiger partial charge in [-0.05, 0) is 73.5 Å². The quantitative estimate of drug-likeness (QED) is 0.765. The smallest absolute Gasteiger partial charge is 0.0131 e. The Balaban J connectivity index is 1.58. The first-order valence-electron chi connectivity index (χ1n) is 9.10. The predicted octanol–water partition coefficient (Wildman–Crippen LogP) is 5.01. The maximum atomic E-state index is 4.10. The zero-order valence-electron chi connectivity index (χ0n) is 14.3. The van der Waals surface area contributed by atoms with Gasteiger partial charge >= 0.3 is 0 Å². The second-order valence-corrected chi connectivity index (χ2v) is 9.19. The molecular formula is C19H35N. The van der Waals surface area contributed by atoms with Gasteiger partial charge in [0.25, 0.3) is 0 Å². The summed E-state index contributed by atoms with van der Waals surface area (Å²) in [6, 6.07) is 1.60. The third-order valence-corrected chi connectivity index (χ3v) is 7.95. The van der Waals surface area contributed by atoms with Gasteiger partial charge in [-0.25, -0.2) is 0 Å². The molecule has 1 N–H and O–H groups in total. The average molecular weight is 277 g/mol. The van der Waals surface area contributed by atoms with Gasteiger partial charge in [0, 0.05) is 12.1 Å². The van der Waals surface area contributed by atoms with Crippen LogP contribution in [0.15, 0.2) is 0 Å². The Hall–Kier alpha value is -0.0400. The van der Waals surface area contributed by atoms with E-state index in [1.54, 1.807) is 0 Å². The SMILES string of the molecule is CC(C)C1CCC(NC2CC3CCC2(C)C3(C)C)CC1. The van der Waals surface area contributed by atoms with Crippen molar-refractivity contribution < 1.29 is 0 Å². The molecule has 0 spiro atoms. The van der Waals surface area contributed by atoms with Crippen molar-refractivity contribution in [2.24, 2.45) is 28.6 Å². The molecule has 3 aliphatic carbocycles. The van der Waals surface area contributed by atoms with E-state index >= 15 is 0 Å². The Labute approximate surface area is 126 Å². The van der Waals surface area contributed by atoms with Gasteiger partial charge in [0.05, 0.1) is 0 Å². The summed E-state index contributed by atoms with van der Waals surface area (Å²) in [7, 11) is 0. The number of nitrogens with one attached hydrogen (secondary N) is 1. The number of fused-ring (bicyclic) bond motifs is 2. The third-order valence-electron chi connectivity index (χ3n) is 7.95. The van der Waals surface area contributed by atoms with E-state index in [2.05, 4.69) is 39.9 Å². The first-order chi connectivity index (χ1) is 9.34. The van der Waals surface area contributed by atoms with Crippen LogP contribution in [0.25, 0.3) is 0 Å². The van der Waals surface area contributed by atoms with Crippen molar-refractivity contribution in [2.45, 2.75) is 91.6 Å². The molecule has 3 fully saturated rings. The monoisotopic (exact) mass is 277 g/mol. The molecule has 0 radical (unpaired) electrons. The lowest BCUT2D eigenvalue weighted by atomic mass is 9.69. The highest BCUT2D eigenvalue weighted by Gasteiger charge is 2.61. The minimum Gasteiger partial charge on any atom is -0.311 e. The van der Waals surface area contributed by atoms with Gasteiger partial charge in [-0.2, -0.15) is 0 Å². The van der Waals surface area contributed by atoms with Crippen LogP contribution in [-0.4, -0.2) is 12.1 Å². The molecule has 0 amide bonds. The molecule has 0 aliphatic heterocycles. The number of rotatable bonds is 3. The van der Waals surface area contributed by atoms with E-state index in [0.29, 0.717) is 10.8 Å². The molecule has 20 heavy (non-hydrogen) atoms. The van der Waals surface area contributed by atoms with Crippen LogP contribution >= 0.6 is 0 Å². The van der Waals surface area contributed by atoms with Crippen LogP contribution < -0.4 is 5.32 Å². The van der Waals surface area contributed by atoms with Crippen molar-refractivity contribution in [1.29, 1.82) is 0 Å². The van der Waals surface area contributed by atoms with E-state index in [1.165, 1.54) is 44.9 Å². The Morgan fingerprint density at radius 1 is 0.950 bits per heavy atom. The molecule has 0 aromatic rings. The Morgan fingerprint density at radius 2 is 1.60 bits per heavy atom. The summed E-state index contributed by atoms with van der Waals surface area (Å²) in [5, 5.41) is 4.10. The minimum absolute atomic E-state index is 0.548. The van der Waals surface area contributed by atoms with Crippen molar-refractivity contribution in [3.63, 3.8) is 0 Å². The van der Waals surface area contributed by atoms with Crippen LogP contribution in [-0.2, 0) is 0 Å². The highest BCUT2D eigenvalue weighted by atomic mass is 15.0. The average Bonchev–Trinajstić information content (AvgIpc) is 2.72. The molecule has 116 valence electrons. The van der Waals surface area contributed by atoms with Crippen LogP contribution in [0.2, 0.25) is 0 Å². The van der Waals surface area contributed by atoms with Crippen molar-refractivity contribution in [2.75, 3.05) is 0 Å². The van der Waals surface area contributed by atoms with Crippen molar-refractivity contribution >= 4 is 0 Å². The third kappa shape index (κ3) is 2.16. The van der Waals surface area contributed by atoms with Crippen molar-refractivity contribution in [1.82, 2.24) is 5.32 Å². The standard InChI is InChI=1S/C19H35N/c1-13(2)14-6-8-16(9-7-14)20-17-12-15-10-11-19(17,5)18(15,3)4/h13-17,20H,6-12H2,1-5H3. The lowest BCUT2D eigenvalue weighted by molar-refractivity contribution is 0.107. The first-order valence-corrected chi connectivity index (χ1v) is 9.10. The van der Waals surface area contributed by atoms with E-state index in [0.717, 1.165) is 29.8 Å². The summed E-state index contributed by atoms with van der Waals surface area (Å²) in [5.41, 5.74) is 1.10. The molecular weight excluding hydrogens is 242 g/mol. The summed E-state index contributed by atoms with van der Waals surface area (Å²) >= 11 is 0. The molecule has 0 saturated heterocycles. The summed E-state index contributed by atoms with van der Waals surface area (Å²) in [6.45, 7) is 12.4. The molecule has 3 saturated carbocycles. The molecule has 2 bridgehead atoms. The van der Waals surface area contributed by atoms with Gasteiger partial charge in [-0.1, -0.05) is 34.6 Å². The highest BCUT2D eigenvalue weighted by molar-refractivity contribution is 5.13. The summed E-state index contributed by atoms with van der Waals surface area (Å²) in [4.78, 5) is 0. The lowest BCUT2D eigenvalue weighted by Crippen LogP contribution is -2.49. The van der Waals surface area contributed by atoms with Crippen LogP contribution in [0.3, 0.4) is 0 Å². The normalized spacial score (nSPS) is 47.1. The maximum Gasteiger partial charge on any atom is 0.0131 e. The predicted molar refractivity (Wildman–Crippen MR) is 86.7 cm³/mol. The van der Waals surface area contributed by atoms with Gasteiger partial charge in [-0.15, -0.1) is 0 Å². The number of hydrogen-bond donors (Lipinski definition) is 1. The molecule has 3 aliphatic rings. The van der Waals surface area contributed by atoms with E-state index < -0.39 is 0 Å². The van der Waals surface area contributed by atoms with Crippen LogP contribution in [0.5, 0.6) is 0 Å². The van der Waals surface area contributed by atoms with Crippen LogP contribution in [0.4, 0.5) is 0 Å². The second-order valence-electron chi connectivity index (χ2n) is 9.19. The van der Waals surface area contributed by atoms with Gasteiger partial charge in [0.15, 0.2) is 0 Å². The highest BCUT2D eigenvalue weighted by Crippen LogP contribution is 2.65. The van der Waals surface area contributed by atoms with Gasteiger partial charge in [0.1, 0.15) is 0 Å². The fourth-order valence-corrected chi connectivity index (χ4v) is 5.69. The topological polar surface area (TPSA) is 12.0 Å². The summed E-state index contributed by atoms with van der Waals surface area (Å²) in [5.74, 6) is 2.84. The molecule has 0 aromatic heterocycles. The van der Waals surface area contributed by atoms with E-state index in [-0.39, 0.29) is 0 Å². The molecule has 3 rings (SSSR count). The van der Waals surface area contributed by atoms with E-state index in [4.69, 9.17) is 0 Å². The summed E-state index contributed by atoms with van der Waals surface area (Å²) < 4.78 is 0. The van der Waals surface area contributed by atoms with Crippen LogP contribution in [0.1, 0.15) is 79.6 Å². The fourth-order valence-electron chi connectivity index (χ4n) is 5.69. The number of hydrogen-bond acceptors (Lipinski definition) is 1. The van der Waals surface area contributed by atoms with E-state index in [9.17, 15) is 0 Å². The minimum atomic E-state index is 0.548. The summed E-state index contributed by atoms with van der Waals surface area (Å²) in [6.07, 6.45) is 10.1. The van der Waals surface area contributed by atoms with Crippen LogP contribution in [0, 0.1) is 28.6 Å². The zero-order valence-corrected chi connectivity index (χ0v) is 14.3. The molecule has 3 atom stereocenters. The molecule has 1 nitrogen and oxygen atoms in total. The molecule has 3 unspecified atom stereocenters. The van der Waals surface area contributed by atoms with Gasteiger partial charge < -0.3 is 5.32 Å². The Bertz CT molecular complexity index is 351. The second kappa shape index (κ2) is 5.00. The van der Waals surface area contributed by atoms with Gasteiger partial charge in [0.2, 0.25) is 0 Å². The lowest BCUT2D eigenvalue weighted by Gasteiger charge is -2.42. The zero-order chi connectivity index (χ0) is 14.5. The Kier molecular flexibility index (Phi) is 3.72. The van der Waals surface area contributed by atoms with Crippen molar-refractivity contribution in [3.05, 3.63) is 0 Å². The first kappa shape index (κ1) is 14.9.